The van der Waals surface area contributed by atoms with Crippen LogP contribution in [0.1, 0.15) is 18.1 Å². The molecule has 2 rings (SSSR count). The number of hydrogen-bond acceptors (Lipinski definition) is 6. The number of pyridine rings is 1. The SMILES string of the molecule is C=CCn1c(O)c(C#N)c(C)c(N=Nc2ccccc2OCC)c1=O. The van der Waals surface area contributed by atoms with Gasteiger partial charge in [0, 0.05) is 12.1 Å². The summed E-state index contributed by atoms with van der Waals surface area (Å²) in [7, 11) is 0. The normalized spacial score (nSPS) is 10.6. The molecule has 0 aliphatic carbocycles. The van der Waals surface area contributed by atoms with Gasteiger partial charge < -0.3 is 9.84 Å². The first kappa shape index (κ1) is 17.9. The fourth-order valence-corrected chi connectivity index (χ4v) is 2.28. The van der Waals surface area contributed by atoms with Crippen molar-refractivity contribution in [2.75, 3.05) is 6.61 Å². The van der Waals surface area contributed by atoms with Gasteiger partial charge in [0.1, 0.15) is 23.1 Å². The maximum atomic E-state index is 12.6. The predicted molar refractivity (Wildman–Crippen MR) is 93.8 cm³/mol. The van der Waals surface area contributed by atoms with Gasteiger partial charge in [-0.2, -0.15) is 5.26 Å². The Balaban J connectivity index is 2.61. The average Bonchev–Trinajstić information content (AvgIpc) is 2.60. The van der Waals surface area contributed by atoms with Crippen molar-refractivity contribution in [1.29, 1.82) is 5.26 Å². The van der Waals surface area contributed by atoms with Crippen molar-refractivity contribution in [3.63, 3.8) is 0 Å². The number of aromatic hydroxyl groups is 1. The number of nitrogens with zero attached hydrogens (tertiary/aromatic N) is 4. The largest absolute Gasteiger partial charge is 0.493 e. The summed E-state index contributed by atoms with van der Waals surface area (Å²) in [4.78, 5) is 12.6. The third-order valence-electron chi connectivity index (χ3n) is 3.50. The van der Waals surface area contributed by atoms with Gasteiger partial charge in [0.15, 0.2) is 5.69 Å². The van der Waals surface area contributed by atoms with Gasteiger partial charge in [-0.3, -0.25) is 9.36 Å². The Hall–Kier alpha value is -3.40. The lowest BCUT2D eigenvalue weighted by Gasteiger charge is -2.11. The molecule has 1 aromatic carbocycles. The molecule has 0 radical (unpaired) electrons. The summed E-state index contributed by atoms with van der Waals surface area (Å²) >= 11 is 0. The fourth-order valence-electron chi connectivity index (χ4n) is 2.28. The van der Waals surface area contributed by atoms with Crippen molar-refractivity contribution >= 4 is 11.4 Å². The van der Waals surface area contributed by atoms with Crippen molar-refractivity contribution in [3.05, 3.63) is 58.4 Å². The monoisotopic (exact) mass is 338 g/mol. The molecule has 7 nitrogen and oxygen atoms in total. The van der Waals surface area contributed by atoms with E-state index in [9.17, 15) is 15.2 Å². The maximum absolute atomic E-state index is 12.6. The summed E-state index contributed by atoms with van der Waals surface area (Å²) in [6.45, 7) is 7.46. The van der Waals surface area contributed by atoms with Crippen LogP contribution in [0.3, 0.4) is 0 Å². The van der Waals surface area contributed by atoms with Crippen LogP contribution >= 0.6 is 0 Å². The van der Waals surface area contributed by atoms with Crippen molar-refractivity contribution in [3.8, 4) is 17.7 Å². The minimum absolute atomic E-state index is 0.0116. The Morgan fingerprint density at radius 3 is 2.76 bits per heavy atom. The molecule has 0 spiro atoms. The van der Waals surface area contributed by atoms with E-state index in [4.69, 9.17) is 4.74 Å². The quantitative estimate of drug-likeness (QED) is 0.640. The van der Waals surface area contributed by atoms with Crippen LogP contribution in [-0.2, 0) is 6.54 Å². The number of rotatable bonds is 6. The molecule has 128 valence electrons. The standard InChI is InChI=1S/C18H18N4O3/c1-4-10-22-17(23)13(11-19)12(3)16(18(22)24)21-20-14-8-6-7-9-15(14)25-5-2/h4,6-9,23H,1,5,10H2,2-3H3. The van der Waals surface area contributed by atoms with Gasteiger partial charge in [-0.1, -0.05) is 18.2 Å². The van der Waals surface area contributed by atoms with Crippen LogP contribution in [0.5, 0.6) is 11.6 Å². The Bertz CT molecular complexity index is 923. The van der Waals surface area contributed by atoms with Gasteiger partial charge in [0.2, 0.25) is 5.88 Å². The van der Waals surface area contributed by atoms with E-state index in [-0.39, 0.29) is 23.4 Å². The highest BCUT2D eigenvalue weighted by atomic mass is 16.5. The number of hydrogen-bond donors (Lipinski definition) is 1. The molecule has 0 amide bonds. The van der Waals surface area contributed by atoms with Crippen LogP contribution in [0.15, 0.2) is 51.9 Å². The molecule has 0 fully saturated rings. The van der Waals surface area contributed by atoms with Crippen LogP contribution in [-0.4, -0.2) is 16.3 Å². The zero-order valence-corrected chi connectivity index (χ0v) is 14.1. The molecule has 1 aromatic heterocycles. The second-order valence-electron chi connectivity index (χ2n) is 5.09. The molecule has 0 atom stereocenters. The summed E-state index contributed by atoms with van der Waals surface area (Å²) in [5.74, 6) is 0.135. The second kappa shape index (κ2) is 7.93. The van der Waals surface area contributed by atoms with Crippen molar-refractivity contribution in [2.24, 2.45) is 10.2 Å². The van der Waals surface area contributed by atoms with E-state index in [1.165, 1.54) is 6.08 Å². The molecule has 1 N–H and O–H groups in total. The van der Waals surface area contributed by atoms with Crippen molar-refractivity contribution in [1.82, 2.24) is 4.57 Å². The molecule has 7 heteroatoms. The number of ether oxygens (including phenoxy) is 1. The van der Waals surface area contributed by atoms with Crippen molar-refractivity contribution < 1.29 is 9.84 Å². The summed E-state index contributed by atoms with van der Waals surface area (Å²) < 4.78 is 6.50. The van der Waals surface area contributed by atoms with E-state index in [0.29, 0.717) is 18.0 Å². The Kier molecular flexibility index (Phi) is 5.69. The molecule has 0 unspecified atom stereocenters. The molecule has 0 aliphatic heterocycles. The molecular weight excluding hydrogens is 320 g/mol. The van der Waals surface area contributed by atoms with E-state index >= 15 is 0 Å². The van der Waals surface area contributed by atoms with Gasteiger partial charge in [-0.15, -0.1) is 16.8 Å². The van der Waals surface area contributed by atoms with E-state index in [1.54, 1.807) is 31.2 Å². The first-order chi connectivity index (χ1) is 12.0. The van der Waals surface area contributed by atoms with Crippen LogP contribution in [0.4, 0.5) is 11.4 Å². The third kappa shape index (κ3) is 3.58. The van der Waals surface area contributed by atoms with Gasteiger partial charge in [0.05, 0.1) is 6.61 Å². The number of nitriles is 1. The molecule has 0 bridgehead atoms. The number of azo groups is 1. The second-order valence-corrected chi connectivity index (χ2v) is 5.09. The number of aromatic nitrogens is 1. The zero-order chi connectivity index (χ0) is 18.4. The highest BCUT2D eigenvalue weighted by Gasteiger charge is 2.18. The predicted octanol–water partition coefficient (Wildman–Crippen LogP) is 3.73. The van der Waals surface area contributed by atoms with Crippen LogP contribution in [0, 0.1) is 18.3 Å². The Morgan fingerprint density at radius 2 is 2.12 bits per heavy atom. The molecule has 1 heterocycles. The van der Waals surface area contributed by atoms with Crippen LogP contribution in [0.25, 0.3) is 0 Å². The summed E-state index contributed by atoms with van der Waals surface area (Å²) in [5.41, 5.74) is 0.149. The van der Waals surface area contributed by atoms with Crippen LogP contribution in [0.2, 0.25) is 0 Å². The van der Waals surface area contributed by atoms with E-state index < -0.39 is 11.4 Å². The lowest BCUT2D eigenvalue weighted by molar-refractivity contribution is 0.341. The Labute approximate surface area is 145 Å². The number of allylic oxidation sites excluding steroid dienone is 1. The van der Waals surface area contributed by atoms with E-state index in [1.807, 2.05) is 13.0 Å². The summed E-state index contributed by atoms with van der Waals surface area (Å²) in [6, 6.07) is 8.93. The fraction of sp³-hybridized carbons (Fsp3) is 0.222. The highest BCUT2D eigenvalue weighted by molar-refractivity contribution is 5.57. The van der Waals surface area contributed by atoms with Crippen LogP contribution < -0.4 is 10.3 Å². The first-order valence-corrected chi connectivity index (χ1v) is 7.66. The van der Waals surface area contributed by atoms with E-state index in [0.717, 1.165) is 4.57 Å². The molecule has 25 heavy (non-hydrogen) atoms. The maximum Gasteiger partial charge on any atom is 0.281 e. The number of benzene rings is 1. The first-order valence-electron chi connectivity index (χ1n) is 7.66. The molecule has 0 aliphatic rings. The molecular formula is C18H18N4O3. The van der Waals surface area contributed by atoms with Crippen molar-refractivity contribution in [2.45, 2.75) is 20.4 Å². The van der Waals surface area contributed by atoms with Gasteiger partial charge in [-0.25, -0.2) is 0 Å². The average molecular weight is 338 g/mol. The van der Waals surface area contributed by atoms with E-state index in [2.05, 4.69) is 16.8 Å². The molecule has 0 saturated carbocycles. The minimum Gasteiger partial charge on any atom is -0.493 e. The smallest absolute Gasteiger partial charge is 0.281 e. The summed E-state index contributed by atoms with van der Waals surface area (Å²) in [5, 5.41) is 27.5. The van der Waals surface area contributed by atoms with Gasteiger partial charge >= 0.3 is 0 Å². The highest BCUT2D eigenvalue weighted by Crippen LogP contribution is 2.30. The minimum atomic E-state index is -0.549. The molecule has 2 aromatic rings. The Morgan fingerprint density at radius 1 is 1.40 bits per heavy atom. The summed E-state index contributed by atoms with van der Waals surface area (Å²) in [6.07, 6.45) is 1.45. The molecule has 0 saturated heterocycles. The van der Waals surface area contributed by atoms with Gasteiger partial charge in [0.25, 0.3) is 5.56 Å². The zero-order valence-electron chi connectivity index (χ0n) is 14.1. The lowest BCUT2D eigenvalue weighted by Crippen LogP contribution is -2.21. The lowest BCUT2D eigenvalue weighted by atomic mass is 10.1. The third-order valence-corrected chi connectivity index (χ3v) is 3.50. The topological polar surface area (TPSA) is 100.0 Å². The number of para-hydroxylation sites is 1. The van der Waals surface area contributed by atoms with Gasteiger partial charge in [-0.05, 0) is 26.0 Å².